The molecular formula is C13H24N2O4. The number of rotatable bonds is 4. The lowest BCUT2D eigenvalue weighted by Gasteiger charge is -2.36. The van der Waals surface area contributed by atoms with Crippen LogP contribution in [0.3, 0.4) is 0 Å². The molecule has 0 aromatic carbocycles. The molecule has 1 saturated heterocycles. The summed E-state index contributed by atoms with van der Waals surface area (Å²) in [5.41, 5.74) is 0. The van der Waals surface area contributed by atoms with Crippen LogP contribution in [0.5, 0.6) is 0 Å². The standard InChI is InChI=1S/C13H24N2O4/c1-8-5-6-15(7-11(8)19-4)13(18)14-10(3)9(2)12(16)17/h8-11H,5-7H2,1-4H3,(H,14,18)(H,16,17). The van der Waals surface area contributed by atoms with Crippen molar-refractivity contribution in [3.8, 4) is 0 Å². The number of nitrogens with one attached hydrogen (secondary N) is 1. The molecular weight excluding hydrogens is 248 g/mol. The lowest BCUT2D eigenvalue weighted by Crippen LogP contribution is -2.53. The summed E-state index contributed by atoms with van der Waals surface area (Å²) in [5.74, 6) is -1.08. The molecule has 0 radical (unpaired) electrons. The van der Waals surface area contributed by atoms with E-state index in [0.717, 1.165) is 6.42 Å². The van der Waals surface area contributed by atoms with E-state index < -0.39 is 17.9 Å². The molecule has 6 heteroatoms. The third-order valence-corrected chi connectivity index (χ3v) is 3.97. The highest BCUT2D eigenvalue weighted by Gasteiger charge is 2.30. The van der Waals surface area contributed by atoms with Crippen molar-refractivity contribution < 1.29 is 19.4 Å². The summed E-state index contributed by atoms with van der Waals surface area (Å²) in [5, 5.41) is 11.6. The molecule has 0 bridgehead atoms. The van der Waals surface area contributed by atoms with E-state index in [1.165, 1.54) is 0 Å². The van der Waals surface area contributed by atoms with Gasteiger partial charge in [-0.3, -0.25) is 4.79 Å². The van der Waals surface area contributed by atoms with Crippen LogP contribution in [-0.2, 0) is 9.53 Å². The summed E-state index contributed by atoms with van der Waals surface area (Å²) in [7, 11) is 1.65. The predicted molar refractivity (Wildman–Crippen MR) is 70.9 cm³/mol. The van der Waals surface area contributed by atoms with E-state index in [1.54, 1.807) is 25.9 Å². The summed E-state index contributed by atoms with van der Waals surface area (Å²) >= 11 is 0. The number of ether oxygens (including phenoxy) is 1. The number of likely N-dealkylation sites (tertiary alicyclic amines) is 1. The van der Waals surface area contributed by atoms with Crippen molar-refractivity contribution in [2.45, 2.75) is 39.3 Å². The van der Waals surface area contributed by atoms with Crippen molar-refractivity contribution in [1.82, 2.24) is 10.2 Å². The molecule has 1 heterocycles. The lowest BCUT2D eigenvalue weighted by atomic mass is 9.96. The topological polar surface area (TPSA) is 78.9 Å². The number of urea groups is 1. The number of carboxylic acid groups (broad SMARTS) is 1. The van der Waals surface area contributed by atoms with Gasteiger partial charge in [0.15, 0.2) is 0 Å². The summed E-state index contributed by atoms with van der Waals surface area (Å²) in [6, 6.07) is -0.611. The van der Waals surface area contributed by atoms with E-state index in [2.05, 4.69) is 12.2 Å². The van der Waals surface area contributed by atoms with E-state index in [9.17, 15) is 9.59 Å². The third-order valence-electron chi connectivity index (χ3n) is 3.97. The van der Waals surface area contributed by atoms with Crippen LogP contribution in [-0.4, -0.2) is 54.4 Å². The average Bonchev–Trinajstić information content (AvgIpc) is 2.37. The Balaban J connectivity index is 2.52. The molecule has 0 aliphatic carbocycles. The summed E-state index contributed by atoms with van der Waals surface area (Å²) in [6.07, 6.45) is 0.945. The smallest absolute Gasteiger partial charge is 0.317 e. The summed E-state index contributed by atoms with van der Waals surface area (Å²) < 4.78 is 5.36. The molecule has 4 unspecified atom stereocenters. The fourth-order valence-electron chi connectivity index (χ4n) is 2.15. The van der Waals surface area contributed by atoms with Gasteiger partial charge in [0.2, 0.25) is 0 Å². The first-order valence-electron chi connectivity index (χ1n) is 6.67. The zero-order valence-corrected chi connectivity index (χ0v) is 12.0. The van der Waals surface area contributed by atoms with E-state index in [-0.39, 0.29) is 12.1 Å². The Bertz CT molecular complexity index is 335. The Morgan fingerprint density at radius 1 is 1.42 bits per heavy atom. The van der Waals surface area contributed by atoms with E-state index in [4.69, 9.17) is 9.84 Å². The Morgan fingerprint density at radius 3 is 2.58 bits per heavy atom. The number of methoxy groups -OCH3 is 1. The number of hydrogen-bond donors (Lipinski definition) is 2. The first-order chi connectivity index (χ1) is 8.86. The van der Waals surface area contributed by atoms with Crippen LogP contribution in [0.1, 0.15) is 27.2 Å². The summed E-state index contributed by atoms with van der Waals surface area (Å²) in [6.45, 7) is 6.64. The van der Waals surface area contributed by atoms with Gasteiger partial charge in [0.25, 0.3) is 0 Å². The zero-order chi connectivity index (χ0) is 14.6. The predicted octanol–water partition coefficient (Wildman–Crippen LogP) is 1.16. The van der Waals surface area contributed by atoms with Crippen molar-refractivity contribution in [2.24, 2.45) is 11.8 Å². The quantitative estimate of drug-likeness (QED) is 0.805. The van der Waals surface area contributed by atoms with Crippen molar-refractivity contribution in [2.75, 3.05) is 20.2 Å². The third kappa shape index (κ3) is 4.09. The zero-order valence-electron chi connectivity index (χ0n) is 12.0. The van der Waals surface area contributed by atoms with Crippen LogP contribution in [0.4, 0.5) is 4.79 Å². The molecule has 1 rings (SSSR count). The highest BCUT2D eigenvalue weighted by molar-refractivity contribution is 5.76. The Morgan fingerprint density at radius 2 is 2.05 bits per heavy atom. The van der Waals surface area contributed by atoms with Crippen molar-refractivity contribution in [3.63, 3.8) is 0 Å². The molecule has 1 fully saturated rings. The molecule has 2 N–H and O–H groups in total. The van der Waals surface area contributed by atoms with Gasteiger partial charge in [0.05, 0.1) is 12.0 Å². The van der Waals surface area contributed by atoms with Gasteiger partial charge in [-0.05, 0) is 26.2 Å². The van der Waals surface area contributed by atoms with Crippen LogP contribution >= 0.6 is 0 Å². The average molecular weight is 272 g/mol. The molecule has 2 amide bonds. The second-order valence-corrected chi connectivity index (χ2v) is 5.35. The van der Waals surface area contributed by atoms with E-state index in [1.807, 2.05) is 0 Å². The van der Waals surface area contributed by atoms with Crippen LogP contribution in [0, 0.1) is 11.8 Å². The highest BCUT2D eigenvalue weighted by Crippen LogP contribution is 2.19. The molecule has 0 aromatic heterocycles. The molecule has 6 nitrogen and oxygen atoms in total. The van der Waals surface area contributed by atoms with Crippen molar-refractivity contribution >= 4 is 12.0 Å². The molecule has 110 valence electrons. The first-order valence-corrected chi connectivity index (χ1v) is 6.67. The van der Waals surface area contributed by atoms with Crippen LogP contribution < -0.4 is 5.32 Å². The highest BCUT2D eigenvalue weighted by atomic mass is 16.5. The van der Waals surface area contributed by atoms with Crippen LogP contribution in [0.15, 0.2) is 0 Å². The molecule has 1 aliphatic heterocycles. The molecule has 0 saturated carbocycles. The minimum atomic E-state index is -0.908. The monoisotopic (exact) mass is 272 g/mol. The number of carbonyl (C=O) groups excluding carboxylic acids is 1. The Hall–Kier alpha value is -1.30. The second kappa shape index (κ2) is 6.75. The molecule has 0 spiro atoms. The van der Waals surface area contributed by atoms with Crippen molar-refractivity contribution in [3.05, 3.63) is 0 Å². The fourth-order valence-corrected chi connectivity index (χ4v) is 2.15. The molecule has 19 heavy (non-hydrogen) atoms. The maximum absolute atomic E-state index is 12.1. The largest absolute Gasteiger partial charge is 0.481 e. The van der Waals surface area contributed by atoms with Gasteiger partial charge >= 0.3 is 12.0 Å². The number of carboxylic acids is 1. The Kier molecular flexibility index (Phi) is 5.60. The van der Waals surface area contributed by atoms with E-state index >= 15 is 0 Å². The van der Waals surface area contributed by atoms with Gasteiger partial charge < -0.3 is 20.1 Å². The minimum Gasteiger partial charge on any atom is -0.481 e. The maximum atomic E-state index is 12.1. The van der Waals surface area contributed by atoms with Gasteiger partial charge in [-0.15, -0.1) is 0 Å². The number of amides is 2. The van der Waals surface area contributed by atoms with Gasteiger partial charge in [-0.2, -0.15) is 0 Å². The van der Waals surface area contributed by atoms with Crippen molar-refractivity contribution in [1.29, 1.82) is 0 Å². The van der Waals surface area contributed by atoms with E-state index in [0.29, 0.717) is 19.0 Å². The van der Waals surface area contributed by atoms with Crippen LogP contribution in [0.2, 0.25) is 0 Å². The Labute approximate surface area is 114 Å². The summed E-state index contributed by atoms with van der Waals surface area (Å²) in [4.78, 5) is 24.6. The first kappa shape index (κ1) is 15.8. The maximum Gasteiger partial charge on any atom is 0.317 e. The minimum absolute atomic E-state index is 0.0479. The number of hydrogen-bond acceptors (Lipinski definition) is 3. The SMILES string of the molecule is COC1CN(C(=O)NC(C)C(C)C(=O)O)CCC1C. The van der Waals surface area contributed by atoms with Gasteiger partial charge in [-0.1, -0.05) is 6.92 Å². The molecule has 4 atom stereocenters. The number of piperidine rings is 1. The lowest BCUT2D eigenvalue weighted by molar-refractivity contribution is -0.141. The number of carbonyl (C=O) groups is 2. The van der Waals surface area contributed by atoms with Gasteiger partial charge in [0, 0.05) is 26.2 Å². The van der Waals surface area contributed by atoms with Gasteiger partial charge in [-0.25, -0.2) is 4.79 Å². The fraction of sp³-hybridized carbons (Fsp3) is 0.846. The number of aliphatic carboxylic acids is 1. The second-order valence-electron chi connectivity index (χ2n) is 5.35. The number of nitrogens with zero attached hydrogens (tertiary/aromatic N) is 1. The van der Waals surface area contributed by atoms with Crippen LogP contribution in [0.25, 0.3) is 0 Å². The molecule has 0 aromatic rings. The molecule has 1 aliphatic rings. The normalized spacial score (nSPS) is 26.6. The van der Waals surface area contributed by atoms with Gasteiger partial charge in [0.1, 0.15) is 0 Å².